The lowest BCUT2D eigenvalue weighted by Gasteiger charge is -2.05. The predicted octanol–water partition coefficient (Wildman–Crippen LogP) is 4.45. The van der Waals surface area contributed by atoms with Crippen molar-refractivity contribution in [2.24, 2.45) is 0 Å². The highest BCUT2D eigenvalue weighted by Crippen LogP contribution is 2.35. The molecule has 0 bridgehead atoms. The predicted molar refractivity (Wildman–Crippen MR) is 76.2 cm³/mol. The Morgan fingerprint density at radius 3 is 2.84 bits per heavy atom. The average Bonchev–Trinajstić information content (AvgIpc) is 2.83. The smallest absolute Gasteiger partial charge is 0.231 e. The molecule has 0 saturated heterocycles. The third kappa shape index (κ3) is 4.37. The van der Waals surface area contributed by atoms with Gasteiger partial charge in [0, 0.05) is 6.07 Å². The fourth-order valence-corrected chi connectivity index (χ4v) is 1.72. The molecule has 0 fully saturated rings. The number of ether oxygens (including phenoxy) is 3. The number of hydrogen-bond acceptors (Lipinski definition) is 3. The van der Waals surface area contributed by atoms with Gasteiger partial charge in [0.15, 0.2) is 11.5 Å². The summed E-state index contributed by atoms with van der Waals surface area (Å²) in [5.41, 5.74) is 1.14. The Labute approximate surface area is 122 Å². The van der Waals surface area contributed by atoms with E-state index >= 15 is 0 Å². The molecule has 0 radical (unpaired) electrons. The summed E-state index contributed by atoms with van der Waals surface area (Å²) in [6.45, 7) is 2.75. The van der Waals surface area contributed by atoms with Gasteiger partial charge in [-0.25, -0.2) is 0 Å². The minimum absolute atomic E-state index is 0.267. The Morgan fingerprint density at radius 2 is 2.05 bits per heavy atom. The van der Waals surface area contributed by atoms with E-state index in [9.17, 15) is 0 Å². The van der Waals surface area contributed by atoms with E-state index in [-0.39, 0.29) is 11.3 Å². The zero-order valence-electron chi connectivity index (χ0n) is 10.5. The van der Waals surface area contributed by atoms with E-state index in [1.807, 2.05) is 31.2 Å². The summed E-state index contributed by atoms with van der Waals surface area (Å²) >= 11 is 11.1. The van der Waals surface area contributed by atoms with Crippen LogP contribution in [0.3, 0.4) is 0 Å². The van der Waals surface area contributed by atoms with Gasteiger partial charge in [-0.15, -0.1) is 0 Å². The van der Waals surface area contributed by atoms with Crippen LogP contribution in [0.5, 0.6) is 17.2 Å². The molecule has 0 aromatic heterocycles. The molecule has 0 aliphatic carbocycles. The topological polar surface area (TPSA) is 27.7 Å². The summed E-state index contributed by atoms with van der Waals surface area (Å²) in [6.07, 6.45) is 4.44. The number of rotatable bonds is 5. The maximum Gasteiger partial charge on any atom is 0.231 e. The van der Waals surface area contributed by atoms with Gasteiger partial charge in [-0.1, -0.05) is 34.9 Å². The van der Waals surface area contributed by atoms with Gasteiger partial charge in [0.1, 0.15) is 16.8 Å². The molecule has 0 spiro atoms. The summed E-state index contributed by atoms with van der Waals surface area (Å²) in [5, 5.41) is 0. The van der Waals surface area contributed by atoms with Crippen LogP contribution in [0.4, 0.5) is 0 Å². The van der Waals surface area contributed by atoms with Crippen molar-refractivity contribution in [3.05, 3.63) is 40.4 Å². The van der Waals surface area contributed by atoms with Crippen molar-refractivity contribution in [1.82, 2.24) is 0 Å². The van der Waals surface area contributed by atoms with Crippen molar-refractivity contribution in [3.8, 4) is 17.2 Å². The van der Waals surface area contributed by atoms with E-state index in [0.29, 0.717) is 13.0 Å². The number of benzene rings is 1. The van der Waals surface area contributed by atoms with Gasteiger partial charge in [0.25, 0.3) is 0 Å². The lowest BCUT2D eigenvalue weighted by molar-refractivity contribution is 0.174. The van der Waals surface area contributed by atoms with Crippen LogP contribution in [-0.4, -0.2) is 13.4 Å². The van der Waals surface area contributed by atoms with Gasteiger partial charge >= 0.3 is 0 Å². The molecule has 2 rings (SSSR count). The summed E-state index contributed by atoms with van der Waals surface area (Å²) in [5.74, 6) is 2.22. The number of halogens is 2. The molecule has 0 atom stereocenters. The molecule has 1 aromatic carbocycles. The molecular weight excluding hydrogens is 287 g/mol. The minimum Gasteiger partial charge on any atom is -0.489 e. The van der Waals surface area contributed by atoms with Crippen molar-refractivity contribution >= 4 is 23.2 Å². The van der Waals surface area contributed by atoms with Gasteiger partial charge in [0.2, 0.25) is 6.79 Å². The quantitative estimate of drug-likeness (QED) is 0.752. The van der Waals surface area contributed by atoms with Gasteiger partial charge in [-0.3, -0.25) is 0 Å². The molecule has 102 valence electrons. The lowest BCUT2D eigenvalue weighted by Crippen LogP contribution is -1.94. The summed E-state index contributed by atoms with van der Waals surface area (Å²) in [4.78, 5) is 0. The summed E-state index contributed by atoms with van der Waals surface area (Å²) in [6, 6.07) is 5.51. The first kappa shape index (κ1) is 14.1. The van der Waals surface area contributed by atoms with Crippen molar-refractivity contribution in [1.29, 1.82) is 0 Å². The van der Waals surface area contributed by atoms with Crippen LogP contribution in [-0.2, 0) is 0 Å². The van der Waals surface area contributed by atoms with E-state index in [4.69, 9.17) is 37.4 Å². The third-order valence-corrected chi connectivity index (χ3v) is 2.91. The highest BCUT2D eigenvalue weighted by atomic mass is 35.5. The Morgan fingerprint density at radius 1 is 1.26 bits per heavy atom. The Hall–Kier alpha value is -1.32. The highest BCUT2D eigenvalue weighted by Gasteiger charge is 2.13. The molecule has 0 amide bonds. The van der Waals surface area contributed by atoms with Crippen LogP contribution in [0.1, 0.15) is 13.3 Å². The van der Waals surface area contributed by atoms with Crippen molar-refractivity contribution in [3.63, 3.8) is 0 Å². The SMILES string of the molecule is CC(=CCOc1ccc2c(c1)OCO2)CC=C(Cl)Cl. The van der Waals surface area contributed by atoms with Crippen LogP contribution in [0.25, 0.3) is 0 Å². The molecule has 0 saturated carbocycles. The normalized spacial score (nSPS) is 13.3. The lowest BCUT2D eigenvalue weighted by atomic mass is 10.2. The van der Waals surface area contributed by atoms with E-state index in [1.54, 1.807) is 6.08 Å². The summed E-state index contributed by atoms with van der Waals surface area (Å²) < 4.78 is 16.4. The first-order valence-corrected chi connectivity index (χ1v) is 6.60. The zero-order valence-corrected chi connectivity index (χ0v) is 12.0. The Balaban J connectivity index is 1.85. The Bertz CT molecular complexity index is 505. The molecule has 1 aliphatic heterocycles. The fourth-order valence-electron chi connectivity index (χ4n) is 1.57. The molecule has 1 aliphatic rings. The number of fused-ring (bicyclic) bond motifs is 1. The number of allylic oxidation sites excluding steroid dienone is 2. The first-order valence-electron chi connectivity index (χ1n) is 5.84. The second kappa shape index (κ2) is 6.73. The van der Waals surface area contributed by atoms with Crippen LogP contribution in [0.15, 0.2) is 40.4 Å². The molecule has 3 nitrogen and oxygen atoms in total. The van der Waals surface area contributed by atoms with Gasteiger partial charge in [-0.05, 0) is 31.6 Å². The van der Waals surface area contributed by atoms with Crippen LogP contribution in [0, 0.1) is 0 Å². The third-order valence-electron chi connectivity index (χ3n) is 2.60. The second-order valence-corrected chi connectivity index (χ2v) is 5.08. The van der Waals surface area contributed by atoms with Gasteiger partial charge < -0.3 is 14.2 Å². The average molecular weight is 301 g/mol. The zero-order chi connectivity index (χ0) is 13.7. The van der Waals surface area contributed by atoms with Gasteiger partial charge in [0.05, 0.1) is 0 Å². The first-order chi connectivity index (χ1) is 9.15. The van der Waals surface area contributed by atoms with Crippen molar-refractivity contribution in [2.75, 3.05) is 13.4 Å². The van der Waals surface area contributed by atoms with E-state index < -0.39 is 0 Å². The van der Waals surface area contributed by atoms with E-state index in [2.05, 4.69) is 0 Å². The van der Waals surface area contributed by atoms with Crippen LogP contribution in [0.2, 0.25) is 0 Å². The molecule has 0 N–H and O–H groups in total. The van der Waals surface area contributed by atoms with Crippen molar-refractivity contribution in [2.45, 2.75) is 13.3 Å². The maximum atomic E-state index is 5.61. The van der Waals surface area contributed by atoms with Gasteiger partial charge in [-0.2, -0.15) is 0 Å². The molecule has 19 heavy (non-hydrogen) atoms. The number of hydrogen-bond donors (Lipinski definition) is 0. The minimum atomic E-state index is 0.267. The fraction of sp³-hybridized carbons (Fsp3) is 0.286. The summed E-state index contributed by atoms with van der Waals surface area (Å²) in [7, 11) is 0. The molecule has 1 heterocycles. The molecule has 0 unspecified atom stereocenters. The largest absolute Gasteiger partial charge is 0.489 e. The molecule has 1 aromatic rings. The molecule has 5 heteroatoms. The Kier molecular flexibility index (Phi) is 5.00. The van der Waals surface area contributed by atoms with Crippen molar-refractivity contribution < 1.29 is 14.2 Å². The highest BCUT2D eigenvalue weighted by molar-refractivity contribution is 6.55. The van der Waals surface area contributed by atoms with E-state index in [0.717, 1.165) is 22.8 Å². The monoisotopic (exact) mass is 300 g/mol. The van der Waals surface area contributed by atoms with E-state index in [1.165, 1.54) is 0 Å². The van der Waals surface area contributed by atoms with Crippen LogP contribution < -0.4 is 14.2 Å². The second-order valence-electron chi connectivity index (χ2n) is 4.07. The van der Waals surface area contributed by atoms with Crippen LogP contribution >= 0.6 is 23.2 Å². The standard InChI is InChI=1S/C14H14Cl2O3/c1-10(2-5-14(15)16)6-7-17-11-3-4-12-13(8-11)19-9-18-12/h3-6,8H,2,7,9H2,1H3. The molecular formula is C14H14Cl2O3. The maximum absolute atomic E-state index is 5.61.